The zero-order chi connectivity index (χ0) is 21.0. The monoisotopic (exact) mass is 453 g/mol. The molecule has 2 aromatic carbocycles. The van der Waals surface area contributed by atoms with Gasteiger partial charge in [0.1, 0.15) is 11.8 Å². The number of carbonyl (C=O) groups is 1. The molecule has 1 fully saturated rings. The van der Waals surface area contributed by atoms with Crippen LogP contribution < -0.4 is 4.74 Å². The van der Waals surface area contributed by atoms with Crippen LogP contribution in [0.25, 0.3) is 0 Å². The minimum atomic E-state index is -3.80. The lowest BCUT2D eigenvalue weighted by Crippen LogP contribution is -2.51. The first kappa shape index (κ1) is 21.4. The van der Waals surface area contributed by atoms with Gasteiger partial charge in [-0.2, -0.15) is 9.57 Å². The summed E-state index contributed by atoms with van der Waals surface area (Å²) in [5.41, 5.74) is 0.0982. The molecule has 0 saturated carbocycles. The molecule has 0 radical (unpaired) electrons. The summed E-state index contributed by atoms with van der Waals surface area (Å²) in [6.45, 7) is 0.554. The van der Waals surface area contributed by atoms with E-state index >= 15 is 0 Å². The van der Waals surface area contributed by atoms with Gasteiger partial charge in [0.05, 0.1) is 20.5 Å². The van der Waals surface area contributed by atoms with E-state index in [0.29, 0.717) is 15.8 Å². The average molecular weight is 454 g/mol. The summed E-state index contributed by atoms with van der Waals surface area (Å²) in [5.74, 6) is 0.160. The fourth-order valence-electron chi connectivity index (χ4n) is 2.90. The summed E-state index contributed by atoms with van der Waals surface area (Å²) in [6, 6.07) is 12.7. The predicted octanol–water partition coefficient (Wildman–Crippen LogP) is 2.78. The molecule has 1 aliphatic rings. The van der Waals surface area contributed by atoms with Gasteiger partial charge in [-0.05, 0) is 24.3 Å². The van der Waals surface area contributed by atoms with Gasteiger partial charge in [-0.15, -0.1) is 0 Å². The van der Waals surface area contributed by atoms with Crippen LogP contribution in [0, 0.1) is 11.3 Å². The molecule has 0 atom stereocenters. The van der Waals surface area contributed by atoms with Crippen LogP contribution in [0.15, 0.2) is 47.4 Å². The number of benzene rings is 2. The van der Waals surface area contributed by atoms with E-state index in [1.165, 1.54) is 22.5 Å². The number of ether oxygens (including phenoxy) is 1. The average Bonchev–Trinajstić information content (AvgIpc) is 2.74. The van der Waals surface area contributed by atoms with E-state index in [4.69, 9.17) is 33.2 Å². The van der Waals surface area contributed by atoms with Crippen LogP contribution >= 0.6 is 23.2 Å². The van der Waals surface area contributed by atoms with Crippen molar-refractivity contribution in [3.05, 3.63) is 58.1 Å². The molecular formula is C19H17Cl2N3O4S. The number of rotatable bonds is 5. The first-order valence-electron chi connectivity index (χ1n) is 8.68. The highest BCUT2D eigenvalue weighted by Crippen LogP contribution is 2.26. The van der Waals surface area contributed by atoms with Crippen molar-refractivity contribution in [2.45, 2.75) is 4.90 Å². The lowest BCUT2D eigenvalue weighted by atomic mass is 10.2. The normalized spacial score (nSPS) is 15.0. The molecule has 0 aliphatic carbocycles. The fourth-order valence-corrected chi connectivity index (χ4v) is 4.76. The molecule has 152 valence electrons. The van der Waals surface area contributed by atoms with Crippen molar-refractivity contribution in [3.63, 3.8) is 0 Å². The number of hydrogen-bond donors (Lipinski definition) is 0. The number of halogens is 2. The Kier molecular flexibility index (Phi) is 6.65. The maximum Gasteiger partial charge on any atom is 0.260 e. The Hall–Kier alpha value is -2.31. The molecular weight excluding hydrogens is 437 g/mol. The van der Waals surface area contributed by atoms with Gasteiger partial charge < -0.3 is 9.64 Å². The Morgan fingerprint density at radius 3 is 2.41 bits per heavy atom. The van der Waals surface area contributed by atoms with E-state index in [9.17, 15) is 13.2 Å². The Balaban J connectivity index is 1.59. The third-order valence-corrected chi connectivity index (χ3v) is 7.17. The van der Waals surface area contributed by atoms with Gasteiger partial charge in [-0.25, -0.2) is 8.42 Å². The number of amides is 1. The van der Waals surface area contributed by atoms with Gasteiger partial charge in [-0.1, -0.05) is 35.3 Å². The van der Waals surface area contributed by atoms with E-state index in [1.807, 2.05) is 6.07 Å². The third-order valence-electron chi connectivity index (χ3n) is 4.47. The highest BCUT2D eigenvalue weighted by atomic mass is 35.5. The predicted molar refractivity (Wildman–Crippen MR) is 108 cm³/mol. The third kappa shape index (κ3) is 4.82. The molecule has 1 saturated heterocycles. The second-order valence-electron chi connectivity index (χ2n) is 6.26. The van der Waals surface area contributed by atoms with E-state index < -0.39 is 10.0 Å². The van der Waals surface area contributed by atoms with Crippen LogP contribution in [0.5, 0.6) is 5.75 Å². The highest BCUT2D eigenvalue weighted by molar-refractivity contribution is 7.89. The van der Waals surface area contributed by atoms with Gasteiger partial charge in [0.15, 0.2) is 6.61 Å². The van der Waals surface area contributed by atoms with Crippen molar-refractivity contribution in [1.82, 2.24) is 9.21 Å². The van der Waals surface area contributed by atoms with Gasteiger partial charge in [0.2, 0.25) is 10.0 Å². The number of nitrogens with zero attached hydrogens (tertiary/aromatic N) is 3. The van der Waals surface area contributed by atoms with Crippen LogP contribution in [0.3, 0.4) is 0 Å². The van der Waals surface area contributed by atoms with Crippen molar-refractivity contribution >= 4 is 39.1 Å². The highest BCUT2D eigenvalue weighted by Gasteiger charge is 2.31. The molecule has 7 nitrogen and oxygen atoms in total. The molecule has 1 aliphatic heterocycles. The topological polar surface area (TPSA) is 90.7 Å². The molecule has 10 heteroatoms. The quantitative estimate of drug-likeness (QED) is 0.693. The smallest absolute Gasteiger partial charge is 0.260 e. The van der Waals surface area contributed by atoms with Crippen molar-refractivity contribution in [3.8, 4) is 11.8 Å². The minimum absolute atomic E-state index is 0.0229. The SMILES string of the molecule is N#Cc1ccccc1S(=O)(=O)N1CCN(C(=O)COc2ccc(Cl)c(Cl)c2)CC1. The lowest BCUT2D eigenvalue weighted by Gasteiger charge is -2.34. The number of carbonyl (C=O) groups excluding carboxylic acids is 1. The lowest BCUT2D eigenvalue weighted by molar-refractivity contribution is -0.134. The minimum Gasteiger partial charge on any atom is -0.484 e. The maximum absolute atomic E-state index is 12.8. The second kappa shape index (κ2) is 9.01. The largest absolute Gasteiger partial charge is 0.484 e. The molecule has 3 rings (SSSR count). The summed E-state index contributed by atoms with van der Waals surface area (Å²) < 4.78 is 32.4. The van der Waals surface area contributed by atoms with Crippen LogP contribution in [0.4, 0.5) is 0 Å². The van der Waals surface area contributed by atoms with E-state index in [0.717, 1.165) is 0 Å². The van der Waals surface area contributed by atoms with Crippen LogP contribution in [0.2, 0.25) is 10.0 Å². The first-order valence-corrected chi connectivity index (χ1v) is 10.9. The van der Waals surface area contributed by atoms with Gasteiger partial charge in [-0.3, -0.25) is 4.79 Å². The van der Waals surface area contributed by atoms with Crippen LogP contribution in [0.1, 0.15) is 5.56 Å². The van der Waals surface area contributed by atoms with Crippen LogP contribution in [-0.4, -0.2) is 56.3 Å². The molecule has 0 spiro atoms. The zero-order valence-electron chi connectivity index (χ0n) is 15.2. The van der Waals surface area contributed by atoms with E-state index in [2.05, 4.69) is 0 Å². The molecule has 1 amide bonds. The maximum atomic E-state index is 12.8. The van der Waals surface area contributed by atoms with Crippen LogP contribution in [-0.2, 0) is 14.8 Å². The zero-order valence-corrected chi connectivity index (χ0v) is 17.5. The van der Waals surface area contributed by atoms with E-state index in [1.54, 1.807) is 29.2 Å². The second-order valence-corrected chi connectivity index (χ2v) is 8.98. The molecule has 0 N–H and O–H groups in total. The molecule has 0 unspecified atom stereocenters. The molecule has 1 heterocycles. The fraction of sp³-hybridized carbons (Fsp3) is 0.263. The van der Waals surface area contributed by atoms with Crippen molar-refractivity contribution < 1.29 is 17.9 Å². The Morgan fingerprint density at radius 2 is 1.76 bits per heavy atom. The summed E-state index contributed by atoms with van der Waals surface area (Å²) in [6.07, 6.45) is 0. The first-order chi connectivity index (χ1) is 13.8. The molecule has 29 heavy (non-hydrogen) atoms. The van der Waals surface area contributed by atoms with Crippen molar-refractivity contribution in [2.24, 2.45) is 0 Å². The van der Waals surface area contributed by atoms with Crippen molar-refractivity contribution in [1.29, 1.82) is 5.26 Å². The number of nitriles is 1. The Morgan fingerprint density at radius 1 is 1.07 bits per heavy atom. The van der Waals surface area contributed by atoms with Gasteiger partial charge in [0.25, 0.3) is 5.91 Å². The molecule has 0 aromatic heterocycles. The Labute approximate surface area is 179 Å². The van der Waals surface area contributed by atoms with E-state index in [-0.39, 0.29) is 49.2 Å². The summed E-state index contributed by atoms with van der Waals surface area (Å²) in [7, 11) is -3.80. The standard InChI is InChI=1S/C19H17Cl2N3O4S/c20-16-6-5-15(11-17(16)21)28-13-19(25)23-7-9-24(10-8-23)29(26,27)18-4-2-1-3-14(18)12-22/h1-6,11H,7-10,13H2. The number of piperazine rings is 1. The number of hydrogen-bond acceptors (Lipinski definition) is 5. The summed E-state index contributed by atoms with van der Waals surface area (Å²) in [4.78, 5) is 13.9. The summed E-state index contributed by atoms with van der Waals surface area (Å²) >= 11 is 11.8. The number of sulfonamides is 1. The Bertz CT molecular complexity index is 1060. The van der Waals surface area contributed by atoms with Crippen molar-refractivity contribution in [2.75, 3.05) is 32.8 Å². The molecule has 0 bridgehead atoms. The van der Waals surface area contributed by atoms with Gasteiger partial charge >= 0.3 is 0 Å². The van der Waals surface area contributed by atoms with Gasteiger partial charge in [0, 0.05) is 32.2 Å². The summed E-state index contributed by atoms with van der Waals surface area (Å²) in [5, 5.41) is 9.88. The molecule has 2 aromatic rings.